The Hall–Kier alpha value is -1.32. The summed E-state index contributed by atoms with van der Waals surface area (Å²) in [5.74, 6) is -0.551. The molecule has 1 saturated heterocycles. The van der Waals surface area contributed by atoms with Gasteiger partial charge in [-0.25, -0.2) is 4.79 Å². The van der Waals surface area contributed by atoms with Crippen LogP contribution in [0.5, 0.6) is 0 Å². The topological polar surface area (TPSA) is 46.6 Å². The van der Waals surface area contributed by atoms with Crippen molar-refractivity contribution >= 4 is 12.3 Å². The summed E-state index contributed by atoms with van der Waals surface area (Å²) >= 11 is 0. The molecule has 1 aliphatic rings. The van der Waals surface area contributed by atoms with E-state index in [1.54, 1.807) is 0 Å². The lowest BCUT2D eigenvalue weighted by atomic mass is 9.91. The molecule has 0 amide bonds. The van der Waals surface area contributed by atoms with Gasteiger partial charge in [-0.3, -0.25) is 4.79 Å². The molecule has 1 aliphatic heterocycles. The normalized spacial score (nSPS) is 22.5. The average molecular weight is 211 g/mol. The summed E-state index contributed by atoms with van der Waals surface area (Å²) in [4.78, 5) is 24.2. The van der Waals surface area contributed by atoms with Crippen molar-refractivity contribution in [2.24, 2.45) is 5.41 Å². The second-order valence-corrected chi connectivity index (χ2v) is 4.67. The largest absolute Gasteiger partial charge is 0.465 e. The number of aldehydes is 1. The van der Waals surface area contributed by atoms with Gasteiger partial charge in [-0.2, -0.15) is 0 Å². The number of allylic oxidation sites excluding steroid dienone is 1. The van der Waals surface area contributed by atoms with Crippen molar-refractivity contribution in [3.8, 4) is 0 Å². The van der Waals surface area contributed by atoms with Crippen LogP contribution in [0.3, 0.4) is 0 Å². The first-order chi connectivity index (χ1) is 6.91. The van der Waals surface area contributed by atoms with Crippen molar-refractivity contribution < 1.29 is 14.3 Å². The molecule has 15 heavy (non-hydrogen) atoms. The maximum Gasteiger partial charge on any atom is 0.342 e. The molecule has 0 aromatic carbocycles. The summed E-state index contributed by atoms with van der Waals surface area (Å²) < 4.78 is 4.58. The third kappa shape index (κ3) is 2.37. The molecule has 0 N–H and O–H groups in total. The van der Waals surface area contributed by atoms with Crippen molar-refractivity contribution in [1.82, 2.24) is 4.90 Å². The predicted molar refractivity (Wildman–Crippen MR) is 56.1 cm³/mol. The molecule has 0 aliphatic carbocycles. The molecule has 1 rings (SSSR count). The van der Waals surface area contributed by atoms with Gasteiger partial charge in [0.2, 0.25) is 0 Å². The standard InChI is InChI=1S/C11H17NO3/c1-11(2)5-9(12(3)7-11)8(6-13)10(14)15-4/h6H,5,7H2,1-4H3/b9-8+. The highest BCUT2D eigenvalue weighted by molar-refractivity contribution is 6.08. The minimum Gasteiger partial charge on any atom is -0.465 e. The number of ether oxygens (including phenoxy) is 1. The molecule has 0 spiro atoms. The Balaban J connectivity index is 3.07. The quantitative estimate of drug-likeness (QED) is 0.224. The fraction of sp³-hybridized carbons (Fsp3) is 0.636. The number of nitrogens with zero attached hydrogens (tertiary/aromatic N) is 1. The first-order valence-corrected chi connectivity index (χ1v) is 4.89. The number of rotatable bonds is 2. The Morgan fingerprint density at radius 2 is 2.13 bits per heavy atom. The van der Waals surface area contributed by atoms with E-state index in [-0.39, 0.29) is 11.0 Å². The number of likely N-dealkylation sites (tertiary alicyclic amines) is 1. The Labute approximate surface area is 89.9 Å². The Morgan fingerprint density at radius 1 is 1.53 bits per heavy atom. The second-order valence-electron chi connectivity index (χ2n) is 4.67. The minimum atomic E-state index is -0.551. The fourth-order valence-electron chi connectivity index (χ4n) is 2.03. The molecule has 0 atom stereocenters. The van der Waals surface area contributed by atoms with Crippen molar-refractivity contribution in [2.75, 3.05) is 20.7 Å². The highest BCUT2D eigenvalue weighted by atomic mass is 16.5. The van der Waals surface area contributed by atoms with Crippen LogP contribution >= 0.6 is 0 Å². The molecule has 4 nitrogen and oxygen atoms in total. The van der Waals surface area contributed by atoms with E-state index in [9.17, 15) is 9.59 Å². The Morgan fingerprint density at radius 3 is 2.47 bits per heavy atom. The summed E-state index contributed by atoms with van der Waals surface area (Å²) in [5.41, 5.74) is 1.03. The number of hydrogen-bond acceptors (Lipinski definition) is 4. The van der Waals surface area contributed by atoms with E-state index in [0.717, 1.165) is 18.7 Å². The lowest BCUT2D eigenvalue weighted by molar-refractivity contribution is -0.136. The van der Waals surface area contributed by atoms with Crippen molar-refractivity contribution in [3.63, 3.8) is 0 Å². The van der Waals surface area contributed by atoms with Crippen LogP contribution in [0.25, 0.3) is 0 Å². The molecule has 0 unspecified atom stereocenters. The summed E-state index contributed by atoms with van der Waals surface area (Å²) in [6.45, 7) is 5.06. The van der Waals surface area contributed by atoms with E-state index in [4.69, 9.17) is 0 Å². The van der Waals surface area contributed by atoms with Gasteiger partial charge in [0.1, 0.15) is 5.57 Å². The lowest BCUT2D eigenvalue weighted by Gasteiger charge is -2.16. The molecule has 1 fully saturated rings. The third-order valence-corrected chi connectivity index (χ3v) is 2.61. The van der Waals surface area contributed by atoms with Crippen LogP contribution in [0.4, 0.5) is 0 Å². The summed E-state index contributed by atoms with van der Waals surface area (Å²) in [6, 6.07) is 0. The number of hydrogen-bond donors (Lipinski definition) is 0. The molecule has 0 saturated carbocycles. The van der Waals surface area contributed by atoms with E-state index in [1.807, 2.05) is 11.9 Å². The maximum absolute atomic E-state index is 11.3. The molecule has 1 heterocycles. The SMILES string of the molecule is COC(=O)/C(C=O)=C1\CC(C)(C)CN1C. The van der Waals surface area contributed by atoms with Gasteiger partial charge in [0.05, 0.1) is 7.11 Å². The van der Waals surface area contributed by atoms with Crippen molar-refractivity contribution in [1.29, 1.82) is 0 Å². The van der Waals surface area contributed by atoms with Crippen molar-refractivity contribution in [3.05, 3.63) is 11.3 Å². The van der Waals surface area contributed by atoms with Crippen LogP contribution < -0.4 is 0 Å². The molecule has 0 aromatic rings. The zero-order valence-corrected chi connectivity index (χ0v) is 9.66. The Kier molecular flexibility index (Phi) is 3.17. The van der Waals surface area contributed by atoms with Gasteiger partial charge in [0, 0.05) is 19.3 Å². The van der Waals surface area contributed by atoms with Gasteiger partial charge in [0.15, 0.2) is 6.29 Å². The van der Waals surface area contributed by atoms with E-state index >= 15 is 0 Å². The molecule has 4 heteroatoms. The van der Waals surface area contributed by atoms with Crippen LogP contribution in [0, 0.1) is 5.41 Å². The van der Waals surface area contributed by atoms with Crippen LogP contribution in [0.1, 0.15) is 20.3 Å². The molecule has 0 radical (unpaired) electrons. The smallest absolute Gasteiger partial charge is 0.342 e. The van der Waals surface area contributed by atoms with E-state index < -0.39 is 5.97 Å². The van der Waals surface area contributed by atoms with Gasteiger partial charge in [-0.1, -0.05) is 13.8 Å². The fourth-order valence-corrected chi connectivity index (χ4v) is 2.03. The molecule has 0 aromatic heterocycles. The van der Waals surface area contributed by atoms with Gasteiger partial charge in [0.25, 0.3) is 0 Å². The monoisotopic (exact) mass is 211 g/mol. The molecule has 84 valence electrons. The highest BCUT2D eigenvalue weighted by Crippen LogP contribution is 2.36. The number of carbonyl (C=O) groups excluding carboxylic acids is 2. The van der Waals surface area contributed by atoms with Gasteiger partial charge >= 0.3 is 5.97 Å². The summed E-state index contributed by atoms with van der Waals surface area (Å²) in [5, 5.41) is 0. The average Bonchev–Trinajstić information content (AvgIpc) is 2.41. The first-order valence-electron chi connectivity index (χ1n) is 4.89. The molecular formula is C11H17NO3. The zero-order valence-electron chi connectivity index (χ0n) is 9.66. The predicted octanol–water partition coefficient (Wildman–Crippen LogP) is 0.974. The van der Waals surface area contributed by atoms with Crippen molar-refractivity contribution in [2.45, 2.75) is 20.3 Å². The van der Waals surface area contributed by atoms with Gasteiger partial charge in [-0.05, 0) is 11.8 Å². The third-order valence-electron chi connectivity index (χ3n) is 2.61. The number of esters is 1. The number of carbonyl (C=O) groups is 2. The van der Waals surface area contributed by atoms with Crippen LogP contribution in [-0.2, 0) is 14.3 Å². The lowest BCUT2D eigenvalue weighted by Crippen LogP contribution is -2.20. The Bertz CT molecular complexity index is 318. The van der Waals surface area contributed by atoms with Gasteiger partial charge < -0.3 is 9.64 Å². The van der Waals surface area contributed by atoms with E-state index in [1.165, 1.54) is 7.11 Å². The van der Waals surface area contributed by atoms with Crippen LogP contribution in [0.2, 0.25) is 0 Å². The second kappa shape index (κ2) is 4.04. The summed E-state index contributed by atoms with van der Waals surface area (Å²) in [6.07, 6.45) is 1.31. The van der Waals surface area contributed by atoms with Crippen LogP contribution in [-0.4, -0.2) is 37.9 Å². The van der Waals surface area contributed by atoms with Crippen LogP contribution in [0.15, 0.2) is 11.3 Å². The summed E-state index contributed by atoms with van der Waals surface area (Å²) in [7, 11) is 3.17. The molecule has 0 bridgehead atoms. The maximum atomic E-state index is 11.3. The minimum absolute atomic E-state index is 0.104. The van der Waals surface area contributed by atoms with Gasteiger partial charge in [-0.15, -0.1) is 0 Å². The highest BCUT2D eigenvalue weighted by Gasteiger charge is 2.34. The van der Waals surface area contributed by atoms with E-state index in [2.05, 4.69) is 18.6 Å². The zero-order chi connectivity index (χ0) is 11.6. The molecular weight excluding hydrogens is 194 g/mol. The van der Waals surface area contributed by atoms with E-state index in [0.29, 0.717) is 6.29 Å². The number of methoxy groups -OCH3 is 1. The first kappa shape index (κ1) is 11.8.